The van der Waals surface area contributed by atoms with E-state index in [4.69, 9.17) is 0 Å². The van der Waals surface area contributed by atoms with E-state index in [0.29, 0.717) is 5.69 Å². The topological polar surface area (TPSA) is 58.4 Å². The summed E-state index contributed by atoms with van der Waals surface area (Å²) in [6, 6.07) is 9.92. The highest BCUT2D eigenvalue weighted by Gasteiger charge is 2.30. The van der Waals surface area contributed by atoms with E-state index >= 15 is 0 Å². The van der Waals surface area contributed by atoms with Crippen molar-refractivity contribution in [3.8, 4) is 0 Å². The summed E-state index contributed by atoms with van der Waals surface area (Å²) in [6.45, 7) is 3.90. The molecule has 1 aliphatic heterocycles. The molecular formula is C16H19N3O2. The van der Waals surface area contributed by atoms with E-state index in [1.54, 1.807) is 23.9 Å². The predicted octanol–water partition coefficient (Wildman–Crippen LogP) is 1.91. The van der Waals surface area contributed by atoms with Crippen molar-refractivity contribution >= 4 is 11.6 Å². The van der Waals surface area contributed by atoms with Crippen molar-refractivity contribution in [3.05, 3.63) is 47.8 Å². The molecule has 3 rings (SSSR count). The molecule has 0 saturated carbocycles. The van der Waals surface area contributed by atoms with Crippen LogP contribution in [0.15, 0.2) is 36.5 Å². The second-order valence-electron chi connectivity index (χ2n) is 5.56. The summed E-state index contributed by atoms with van der Waals surface area (Å²) in [4.78, 5) is 14.4. The molecule has 2 atom stereocenters. The third-order valence-corrected chi connectivity index (χ3v) is 3.86. The molecular weight excluding hydrogens is 266 g/mol. The van der Waals surface area contributed by atoms with E-state index in [9.17, 15) is 9.90 Å². The van der Waals surface area contributed by atoms with Crippen molar-refractivity contribution in [2.75, 3.05) is 4.90 Å². The summed E-state index contributed by atoms with van der Waals surface area (Å²) in [7, 11) is 0. The minimum atomic E-state index is -0.618. The predicted molar refractivity (Wildman–Crippen MR) is 80.0 cm³/mol. The van der Waals surface area contributed by atoms with E-state index in [0.717, 1.165) is 12.1 Å². The lowest BCUT2D eigenvalue weighted by atomic mass is 10.1. The Labute approximate surface area is 123 Å². The lowest BCUT2D eigenvalue weighted by molar-refractivity contribution is -0.119. The van der Waals surface area contributed by atoms with Gasteiger partial charge in [0.1, 0.15) is 6.54 Å². The standard InChI is InChI=1S/C16H19N3O2/c1-11-9-13-5-3-4-6-15(13)19(11)16(21)10-18-8-7-14(17-18)12(2)20/h3-8,11-12,20H,9-10H2,1-2H3/t11-,12-/m1/s1. The number of carbonyl (C=O) groups is 1. The van der Waals surface area contributed by atoms with Gasteiger partial charge in [0.05, 0.1) is 11.8 Å². The Bertz CT molecular complexity index is 663. The normalized spacial score (nSPS) is 18.6. The molecule has 1 aromatic heterocycles. The Morgan fingerprint density at radius 2 is 2.19 bits per heavy atom. The highest BCUT2D eigenvalue weighted by molar-refractivity contribution is 5.96. The van der Waals surface area contributed by atoms with Crippen LogP contribution in [0.4, 0.5) is 5.69 Å². The van der Waals surface area contributed by atoms with Gasteiger partial charge in [-0.05, 0) is 38.0 Å². The molecule has 1 amide bonds. The Kier molecular flexibility index (Phi) is 3.51. The lowest BCUT2D eigenvalue weighted by Crippen LogP contribution is -2.38. The first kappa shape index (κ1) is 13.8. The van der Waals surface area contributed by atoms with Crippen molar-refractivity contribution < 1.29 is 9.90 Å². The van der Waals surface area contributed by atoms with Gasteiger partial charge in [0.2, 0.25) is 5.91 Å². The number of benzene rings is 1. The lowest BCUT2D eigenvalue weighted by Gasteiger charge is -2.22. The highest BCUT2D eigenvalue weighted by atomic mass is 16.3. The van der Waals surface area contributed by atoms with Crippen LogP contribution >= 0.6 is 0 Å². The van der Waals surface area contributed by atoms with E-state index in [2.05, 4.69) is 18.1 Å². The maximum Gasteiger partial charge on any atom is 0.248 e. The van der Waals surface area contributed by atoms with Gasteiger partial charge in [0.15, 0.2) is 0 Å². The van der Waals surface area contributed by atoms with Crippen molar-refractivity contribution in [2.24, 2.45) is 0 Å². The smallest absolute Gasteiger partial charge is 0.248 e. The van der Waals surface area contributed by atoms with Crippen LogP contribution in [-0.2, 0) is 17.8 Å². The summed E-state index contributed by atoms with van der Waals surface area (Å²) < 4.78 is 1.58. The summed E-state index contributed by atoms with van der Waals surface area (Å²) >= 11 is 0. The third-order valence-electron chi connectivity index (χ3n) is 3.86. The summed E-state index contributed by atoms with van der Waals surface area (Å²) in [6.07, 6.45) is 2.00. The van der Waals surface area contributed by atoms with E-state index in [1.807, 2.05) is 23.1 Å². The van der Waals surface area contributed by atoms with Crippen LogP contribution in [0.1, 0.15) is 31.2 Å². The fourth-order valence-corrected chi connectivity index (χ4v) is 2.85. The summed E-state index contributed by atoms with van der Waals surface area (Å²) in [5.41, 5.74) is 2.79. The number of aliphatic hydroxyl groups is 1. The molecule has 21 heavy (non-hydrogen) atoms. The molecule has 1 N–H and O–H groups in total. The monoisotopic (exact) mass is 285 g/mol. The quantitative estimate of drug-likeness (QED) is 0.937. The number of aliphatic hydroxyl groups excluding tert-OH is 1. The van der Waals surface area contributed by atoms with Gasteiger partial charge in [-0.3, -0.25) is 9.48 Å². The maximum atomic E-state index is 12.6. The molecule has 2 aromatic rings. The van der Waals surface area contributed by atoms with Crippen LogP contribution in [0.3, 0.4) is 0 Å². The SMILES string of the molecule is C[C@@H]1Cc2ccccc2N1C(=O)Cn1ccc([C@@H](C)O)n1. The molecule has 0 bridgehead atoms. The zero-order valence-electron chi connectivity index (χ0n) is 12.2. The number of rotatable bonds is 3. The Hall–Kier alpha value is -2.14. The van der Waals surface area contributed by atoms with Crippen LogP contribution in [0.5, 0.6) is 0 Å². The van der Waals surface area contributed by atoms with E-state index < -0.39 is 6.10 Å². The minimum absolute atomic E-state index is 0.0210. The van der Waals surface area contributed by atoms with Gasteiger partial charge < -0.3 is 10.0 Å². The van der Waals surface area contributed by atoms with Gasteiger partial charge in [0, 0.05) is 17.9 Å². The van der Waals surface area contributed by atoms with Gasteiger partial charge in [-0.2, -0.15) is 5.10 Å². The van der Waals surface area contributed by atoms with Crippen LogP contribution in [-0.4, -0.2) is 26.8 Å². The molecule has 0 saturated heterocycles. The number of anilines is 1. The number of amides is 1. The molecule has 0 fully saturated rings. The van der Waals surface area contributed by atoms with Gasteiger partial charge in [0.25, 0.3) is 0 Å². The second-order valence-corrected chi connectivity index (χ2v) is 5.56. The first-order chi connectivity index (χ1) is 10.1. The highest BCUT2D eigenvalue weighted by Crippen LogP contribution is 2.31. The van der Waals surface area contributed by atoms with Crippen molar-refractivity contribution in [3.63, 3.8) is 0 Å². The number of carbonyl (C=O) groups excluding carboxylic acids is 1. The van der Waals surface area contributed by atoms with Crippen molar-refractivity contribution in [2.45, 2.75) is 39.0 Å². The first-order valence-electron chi connectivity index (χ1n) is 7.17. The van der Waals surface area contributed by atoms with Crippen LogP contribution in [0, 0.1) is 0 Å². The first-order valence-corrected chi connectivity index (χ1v) is 7.17. The van der Waals surface area contributed by atoms with Gasteiger partial charge >= 0.3 is 0 Å². The van der Waals surface area contributed by atoms with E-state index in [-0.39, 0.29) is 18.5 Å². The molecule has 5 nitrogen and oxygen atoms in total. The van der Waals surface area contributed by atoms with Crippen LogP contribution < -0.4 is 4.90 Å². The zero-order chi connectivity index (χ0) is 15.0. The van der Waals surface area contributed by atoms with E-state index in [1.165, 1.54) is 5.56 Å². The molecule has 0 spiro atoms. The molecule has 110 valence electrons. The van der Waals surface area contributed by atoms with Crippen LogP contribution in [0.25, 0.3) is 0 Å². The summed E-state index contributed by atoms with van der Waals surface area (Å²) in [5, 5.41) is 13.7. The van der Waals surface area contributed by atoms with Crippen LogP contribution in [0.2, 0.25) is 0 Å². The maximum absolute atomic E-state index is 12.6. The fraction of sp³-hybridized carbons (Fsp3) is 0.375. The fourth-order valence-electron chi connectivity index (χ4n) is 2.85. The third kappa shape index (κ3) is 2.56. The molecule has 1 aliphatic rings. The second kappa shape index (κ2) is 5.33. The van der Waals surface area contributed by atoms with Crippen molar-refractivity contribution in [1.29, 1.82) is 0 Å². The molecule has 2 heterocycles. The Balaban J connectivity index is 1.79. The zero-order valence-corrected chi connectivity index (χ0v) is 12.2. The number of hydrogen-bond donors (Lipinski definition) is 1. The average molecular weight is 285 g/mol. The molecule has 0 aliphatic carbocycles. The molecule has 0 unspecified atom stereocenters. The van der Waals surface area contributed by atoms with Gasteiger partial charge in [-0.15, -0.1) is 0 Å². The number of para-hydroxylation sites is 1. The molecule has 0 radical (unpaired) electrons. The Morgan fingerprint density at radius 3 is 2.90 bits per heavy atom. The van der Waals surface area contributed by atoms with Gasteiger partial charge in [-0.25, -0.2) is 0 Å². The Morgan fingerprint density at radius 1 is 1.43 bits per heavy atom. The molecule has 5 heteroatoms. The van der Waals surface area contributed by atoms with Crippen molar-refractivity contribution in [1.82, 2.24) is 9.78 Å². The number of aromatic nitrogens is 2. The largest absolute Gasteiger partial charge is 0.387 e. The number of hydrogen-bond acceptors (Lipinski definition) is 3. The molecule has 1 aromatic carbocycles. The van der Waals surface area contributed by atoms with Gasteiger partial charge in [-0.1, -0.05) is 18.2 Å². The number of fused-ring (bicyclic) bond motifs is 1. The average Bonchev–Trinajstić information content (AvgIpc) is 3.01. The summed E-state index contributed by atoms with van der Waals surface area (Å²) in [5.74, 6) is 0.0210. The number of nitrogens with zero attached hydrogens (tertiary/aromatic N) is 3. The minimum Gasteiger partial charge on any atom is -0.387 e.